The number of nitriles is 1. The predicted octanol–water partition coefficient (Wildman–Crippen LogP) is 3.88. The average Bonchev–Trinajstić information content (AvgIpc) is 2.82. The molecule has 6 nitrogen and oxygen atoms in total. The zero-order chi connectivity index (χ0) is 21.8. The molecule has 0 saturated carbocycles. The first-order valence-electron chi connectivity index (χ1n) is 10.3. The van der Waals surface area contributed by atoms with Crippen LogP contribution in [0.5, 0.6) is 11.5 Å². The Bertz CT molecular complexity index is 1170. The first-order valence-corrected chi connectivity index (χ1v) is 10.3. The van der Waals surface area contributed by atoms with Gasteiger partial charge in [0, 0.05) is 5.39 Å². The molecule has 0 radical (unpaired) electrons. The molecule has 2 aromatic carbocycles. The molecule has 0 atom stereocenters. The van der Waals surface area contributed by atoms with Gasteiger partial charge in [-0.2, -0.15) is 5.26 Å². The Hall–Kier alpha value is -3.56. The molecule has 1 aromatic heterocycles. The van der Waals surface area contributed by atoms with E-state index in [0.29, 0.717) is 30.3 Å². The fraction of sp³-hybridized carbons (Fsp3) is 0.280. The van der Waals surface area contributed by atoms with E-state index < -0.39 is 0 Å². The lowest BCUT2D eigenvalue weighted by atomic mass is 10.0. The SMILES string of the molecule is COc1ccc(/C(C#N)=C/c2cc3ccc(C)cc3[nH+]c2N2CCOCC2)cc1OC. The molecular formula is C25H26N3O3+. The molecule has 6 heteroatoms. The van der Waals surface area contributed by atoms with Crippen LogP contribution >= 0.6 is 0 Å². The Labute approximate surface area is 182 Å². The van der Waals surface area contributed by atoms with E-state index in [4.69, 9.17) is 14.2 Å². The van der Waals surface area contributed by atoms with E-state index in [2.05, 4.69) is 47.1 Å². The van der Waals surface area contributed by atoms with Gasteiger partial charge in [0.15, 0.2) is 11.5 Å². The summed E-state index contributed by atoms with van der Waals surface area (Å²) in [7, 11) is 3.19. The summed E-state index contributed by atoms with van der Waals surface area (Å²) in [5.41, 5.74) is 4.56. The van der Waals surface area contributed by atoms with Crippen molar-refractivity contribution in [3.05, 3.63) is 59.2 Å². The molecule has 0 aliphatic carbocycles. The predicted molar refractivity (Wildman–Crippen MR) is 121 cm³/mol. The molecular weight excluding hydrogens is 390 g/mol. The maximum absolute atomic E-state index is 9.95. The van der Waals surface area contributed by atoms with Crippen molar-refractivity contribution in [3.63, 3.8) is 0 Å². The number of nitrogens with zero attached hydrogens (tertiary/aromatic N) is 2. The molecule has 0 bridgehead atoms. The zero-order valence-corrected chi connectivity index (χ0v) is 18.1. The van der Waals surface area contributed by atoms with Crippen molar-refractivity contribution in [2.24, 2.45) is 0 Å². The standard InChI is InChI=1S/C25H25N3O3/c1-17-4-5-19-13-20(25(27-22(19)12-17)28-8-10-31-11-9-28)14-21(16-26)18-6-7-23(29-2)24(15-18)30-3/h4-7,12-15H,8-11H2,1-3H3/p+1/b21-14+. The number of fused-ring (bicyclic) bond motifs is 1. The van der Waals surface area contributed by atoms with Crippen LogP contribution in [0.2, 0.25) is 0 Å². The highest BCUT2D eigenvalue weighted by molar-refractivity contribution is 5.93. The Morgan fingerprint density at radius 3 is 2.55 bits per heavy atom. The minimum Gasteiger partial charge on any atom is -0.493 e. The van der Waals surface area contributed by atoms with E-state index in [1.54, 1.807) is 14.2 Å². The third-order valence-corrected chi connectivity index (χ3v) is 5.49. The van der Waals surface area contributed by atoms with Crippen LogP contribution in [0.25, 0.3) is 22.6 Å². The van der Waals surface area contributed by atoms with Crippen molar-refractivity contribution in [2.45, 2.75) is 6.92 Å². The molecule has 1 aliphatic rings. The second kappa shape index (κ2) is 9.07. The summed E-state index contributed by atoms with van der Waals surface area (Å²) in [5, 5.41) is 11.0. The molecule has 2 heterocycles. The van der Waals surface area contributed by atoms with Gasteiger partial charge in [0.2, 0.25) is 0 Å². The number of anilines is 1. The molecule has 4 rings (SSSR count). The highest BCUT2D eigenvalue weighted by Gasteiger charge is 2.24. The highest BCUT2D eigenvalue weighted by Crippen LogP contribution is 2.32. The van der Waals surface area contributed by atoms with Gasteiger partial charge >= 0.3 is 0 Å². The number of aromatic nitrogens is 1. The van der Waals surface area contributed by atoms with Crippen LogP contribution in [-0.2, 0) is 4.74 Å². The summed E-state index contributed by atoms with van der Waals surface area (Å²) in [4.78, 5) is 5.88. The zero-order valence-electron chi connectivity index (χ0n) is 18.1. The summed E-state index contributed by atoms with van der Waals surface area (Å²) >= 11 is 0. The van der Waals surface area contributed by atoms with E-state index in [1.165, 1.54) is 5.56 Å². The third-order valence-electron chi connectivity index (χ3n) is 5.49. The van der Waals surface area contributed by atoms with Gasteiger partial charge in [-0.1, -0.05) is 12.1 Å². The normalized spacial score (nSPS) is 14.4. The number of morpholine rings is 1. The quantitative estimate of drug-likeness (QED) is 0.591. The summed E-state index contributed by atoms with van der Waals surface area (Å²) in [6.45, 7) is 5.05. The number of ether oxygens (including phenoxy) is 3. The van der Waals surface area contributed by atoms with E-state index in [0.717, 1.165) is 40.9 Å². The summed E-state index contributed by atoms with van der Waals surface area (Å²) in [5.74, 6) is 2.22. The van der Waals surface area contributed by atoms with Crippen LogP contribution in [0.15, 0.2) is 42.5 Å². The van der Waals surface area contributed by atoms with Gasteiger partial charge in [-0.25, -0.2) is 4.98 Å². The number of hydrogen-bond acceptors (Lipinski definition) is 5. The minimum atomic E-state index is 0.551. The topological polar surface area (TPSA) is 68.9 Å². The monoisotopic (exact) mass is 416 g/mol. The van der Waals surface area contributed by atoms with Gasteiger partial charge in [-0.15, -0.1) is 0 Å². The Morgan fingerprint density at radius 2 is 1.84 bits per heavy atom. The van der Waals surface area contributed by atoms with Crippen LogP contribution in [0.1, 0.15) is 16.7 Å². The molecule has 1 aliphatic heterocycles. The van der Waals surface area contributed by atoms with Crippen LogP contribution < -0.4 is 19.4 Å². The molecule has 0 unspecified atom stereocenters. The van der Waals surface area contributed by atoms with Crippen LogP contribution in [0, 0.1) is 18.3 Å². The Balaban J connectivity index is 1.85. The van der Waals surface area contributed by atoms with E-state index in [-0.39, 0.29) is 0 Å². The van der Waals surface area contributed by atoms with Gasteiger partial charge in [0.05, 0.1) is 44.6 Å². The number of benzene rings is 2. The Morgan fingerprint density at radius 1 is 1.06 bits per heavy atom. The fourth-order valence-corrected chi connectivity index (χ4v) is 3.84. The fourth-order valence-electron chi connectivity index (χ4n) is 3.84. The largest absolute Gasteiger partial charge is 0.493 e. The number of H-pyrrole nitrogens is 1. The second-order valence-electron chi connectivity index (χ2n) is 7.50. The lowest BCUT2D eigenvalue weighted by Crippen LogP contribution is -2.40. The molecule has 0 spiro atoms. The van der Waals surface area contributed by atoms with E-state index in [1.807, 2.05) is 24.3 Å². The van der Waals surface area contributed by atoms with E-state index >= 15 is 0 Å². The number of aromatic amines is 1. The van der Waals surface area contributed by atoms with E-state index in [9.17, 15) is 5.26 Å². The summed E-state index contributed by atoms with van der Waals surface area (Å²) in [6.07, 6.45) is 1.93. The number of hydrogen-bond donors (Lipinski definition) is 0. The van der Waals surface area contributed by atoms with Crippen molar-refractivity contribution in [3.8, 4) is 17.6 Å². The number of methoxy groups -OCH3 is 2. The van der Waals surface area contributed by atoms with Crippen molar-refractivity contribution >= 4 is 28.4 Å². The molecule has 31 heavy (non-hydrogen) atoms. The average molecular weight is 417 g/mol. The molecule has 1 N–H and O–H groups in total. The van der Waals surface area contributed by atoms with Crippen molar-refractivity contribution in [1.29, 1.82) is 5.26 Å². The van der Waals surface area contributed by atoms with Crippen molar-refractivity contribution in [2.75, 3.05) is 45.4 Å². The van der Waals surface area contributed by atoms with Crippen LogP contribution in [0.4, 0.5) is 5.82 Å². The van der Waals surface area contributed by atoms with Gasteiger partial charge in [0.25, 0.3) is 5.82 Å². The molecule has 0 amide bonds. The number of nitrogens with one attached hydrogen (secondary N) is 1. The first-order chi connectivity index (χ1) is 15.1. The first kappa shape index (κ1) is 20.7. The summed E-state index contributed by atoms with van der Waals surface area (Å²) in [6, 6.07) is 16.3. The van der Waals surface area contributed by atoms with Gasteiger partial charge in [0.1, 0.15) is 18.6 Å². The molecule has 3 aromatic rings. The van der Waals surface area contributed by atoms with Crippen molar-refractivity contribution < 1.29 is 19.2 Å². The smallest absolute Gasteiger partial charge is 0.282 e. The van der Waals surface area contributed by atoms with Crippen LogP contribution in [-0.4, -0.2) is 40.5 Å². The number of allylic oxidation sites excluding steroid dienone is 1. The lowest BCUT2D eigenvalue weighted by Gasteiger charge is -2.23. The maximum Gasteiger partial charge on any atom is 0.282 e. The lowest BCUT2D eigenvalue weighted by molar-refractivity contribution is -0.331. The van der Waals surface area contributed by atoms with Gasteiger partial charge in [-0.3, -0.25) is 4.90 Å². The van der Waals surface area contributed by atoms with Crippen molar-refractivity contribution in [1.82, 2.24) is 0 Å². The highest BCUT2D eigenvalue weighted by atomic mass is 16.5. The number of aryl methyl sites for hydroxylation is 1. The summed E-state index contributed by atoms with van der Waals surface area (Å²) < 4.78 is 16.3. The molecule has 158 valence electrons. The maximum atomic E-state index is 9.95. The third kappa shape index (κ3) is 4.32. The molecule has 1 saturated heterocycles. The second-order valence-corrected chi connectivity index (χ2v) is 7.50. The van der Waals surface area contributed by atoms with Gasteiger partial charge in [-0.05, 0) is 54.5 Å². The van der Waals surface area contributed by atoms with Crippen LogP contribution in [0.3, 0.4) is 0 Å². The number of rotatable bonds is 5. The Kier molecular flexibility index (Phi) is 6.06. The molecule has 1 fully saturated rings. The van der Waals surface area contributed by atoms with Gasteiger partial charge < -0.3 is 14.2 Å². The minimum absolute atomic E-state index is 0.551. The number of pyridine rings is 1.